The van der Waals surface area contributed by atoms with Crippen LogP contribution in [0, 0.1) is 0 Å². The zero-order valence-corrected chi connectivity index (χ0v) is 16.1. The summed E-state index contributed by atoms with van der Waals surface area (Å²) in [5.41, 5.74) is 3.82. The number of hydrogen-bond donors (Lipinski definition) is 1. The molecule has 0 radical (unpaired) electrons. The molecule has 0 saturated heterocycles. The smallest absolute Gasteiger partial charge is 0.242 e. The summed E-state index contributed by atoms with van der Waals surface area (Å²) in [6.07, 6.45) is 1.25. The molecule has 0 aliphatic carbocycles. The lowest BCUT2D eigenvalue weighted by atomic mass is 10.0. The minimum absolute atomic E-state index is 0.0488. The molecule has 1 amide bonds. The Kier molecular flexibility index (Phi) is 5.20. The van der Waals surface area contributed by atoms with Crippen molar-refractivity contribution in [2.75, 3.05) is 0 Å². The Bertz CT molecular complexity index is 1200. The van der Waals surface area contributed by atoms with Gasteiger partial charge in [-0.3, -0.25) is 14.3 Å². The number of para-hydroxylation sites is 1. The zero-order chi connectivity index (χ0) is 20.2. The second-order valence-corrected chi connectivity index (χ2v) is 6.96. The third-order valence-electron chi connectivity index (χ3n) is 4.95. The van der Waals surface area contributed by atoms with E-state index in [0.29, 0.717) is 10.9 Å². The number of amides is 1. The van der Waals surface area contributed by atoms with E-state index in [-0.39, 0.29) is 23.9 Å². The number of benzene rings is 3. The van der Waals surface area contributed by atoms with Gasteiger partial charge in [0, 0.05) is 5.39 Å². The van der Waals surface area contributed by atoms with E-state index in [9.17, 15) is 9.59 Å². The maximum atomic E-state index is 12.6. The van der Waals surface area contributed by atoms with E-state index < -0.39 is 0 Å². The highest BCUT2D eigenvalue weighted by Gasteiger charge is 2.12. The number of nitrogens with zero attached hydrogens (tertiary/aromatic N) is 2. The zero-order valence-electron chi connectivity index (χ0n) is 16.1. The third-order valence-corrected chi connectivity index (χ3v) is 4.95. The minimum Gasteiger partial charge on any atom is -0.348 e. The van der Waals surface area contributed by atoms with Crippen LogP contribution in [0.3, 0.4) is 0 Å². The van der Waals surface area contributed by atoms with Gasteiger partial charge in [0.1, 0.15) is 6.54 Å². The number of aromatic nitrogens is 2. The molecule has 0 aliphatic heterocycles. The van der Waals surface area contributed by atoms with Gasteiger partial charge >= 0.3 is 0 Å². The Labute approximate surface area is 168 Å². The van der Waals surface area contributed by atoms with Crippen LogP contribution in [0.5, 0.6) is 0 Å². The normalized spacial score (nSPS) is 11.9. The molecule has 1 heterocycles. The van der Waals surface area contributed by atoms with Gasteiger partial charge < -0.3 is 5.32 Å². The maximum absolute atomic E-state index is 12.6. The van der Waals surface area contributed by atoms with Crippen LogP contribution in [0.15, 0.2) is 89.9 Å². The van der Waals surface area contributed by atoms with Crippen LogP contribution in [0.4, 0.5) is 0 Å². The monoisotopic (exact) mass is 383 g/mol. The minimum atomic E-state index is -0.161. The summed E-state index contributed by atoms with van der Waals surface area (Å²) in [4.78, 5) is 24.5. The molecule has 1 atom stereocenters. The van der Waals surface area contributed by atoms with Gasteiger partial charge in [0.2, 0.25) is 11.3 Å². The first-order chi connectivity index (χ1) is 14.1. The molecule has 1 aromatic heterocycles. The average molecular weight is 383 g/mol. The summed E-state index contributed by atoms with van der Waals surface area (Å²) < 4.78 is 1.55. The first kappa shape index (κ1) is 18.6. The molecular formula is C24H21N3O2. The quantitative estimate of drug-likeness (QED) is 0.568. The lowest BCUT2D eigenvalue weighted by Crippen LogP contribution is -2.31. The van der Waals surface area contributed by atoms with Gasteiger partial charge in [0.05, 0.1) is 17.8 Å². The van der Waals surface area contributed by atoms with Gasteiger partial charge in [-0.05, 0) is 35.7 Å². The van der Waals surface area contributed by atoms with Crippen LogP contribution in [0.25, 0.3) is 22.0 Å². The fourth-order valence-corrected chi connectivity index (χ4v) is 3.39. The van der Waals surface area contributed by atoms with Gasteiger partial charge in [-0.15, -0.1) is 0 Å². The Morgan fingerprint density at radius 3 is 2.34 bits per heavy atom. The van der Waals surface area contributed by atoms with Gasteiger partial charge in [-0.1, -0.05) is 66.7 Å². The summed E-state index contributed by atoms with van der Waals surface area (Å²) in [5.74, 6) is -0.161. The largest absolute Gasteiger partial charge is 0.348 e. The van der Waals surface area contributed by atoms with E-state index >= 15 is 0 Å². The maximum Gasteiger partial charge on any atom is 0.242 e. The molecule has 0 bridgehead atoms. The van der Waals surface area contributed by atoms with Gasteiger partial charge in [0.25, 0.3) is 0 Å². The second kappa shape index (κ2) is 8.10. The van der Waals surface area contributed by atoms with E-state index in [1.165, 1.54) is 6.20 Å². The summed E-state index contributed by atoms with van der Waals surface area (Å²) >= 11 is 0. The summed E-state index contributed by atoms with van der Waals surface area (Å²) in [6, 6.07) is 25.4. The molecule has 0 saturated carbocycles. The molecule has 5 heteroatoms. The number of hydrogen-bond acceptors (Lipinski definition) is 3. The predicted molar refractivity (Wildman–Crippen MR) is 114 cm³/mol. The second-order valence-electron chi connectivity index (χ2n) is 6.96. The molecule has 4 rings (SSSR count). The van der Waals surface area contributed by atoms with Crippen LogP contribution in [-0.2, 0) is 11.3 Å². The molecule has 29 heavy (non-hydrogen) atoms. The van der Waals surface area contributed by atoms with E-state index in [0.717, 1.165) is 16.7 Å². The van der Waals surface area contributed by atoms with Crippen LogP contribution >= 0.6 is 0 Å². The molecule has 0 fully saturated rings. The number of carbonyl (C=O) groups excluding carboxylic acids is 1. The molecule has 3 aromatic carbocycles. The van der Waals surface area contributed by atoms with E-state index in [4.69, 9.17) is 0 Å². The molecule has 0 spiro atoms. The lowest BCUT2D eigenvalue weighted by molar-refractivity contribution is -0.122. The molecular weight excluding hydrogens is 362 g/mol. The van der Waals surface area contributed by atoms with E-state index in [1.807, 2.05) is 43.3 Å². The summed E-state index contributed by atoms with van der Waals surface area (Å²) in [5, 5.41) is 7.68. The summed E-state index contributed by atoms with van der Waals surface area (Å²) in [7, 11) is 0. The van der Waals surface area contributed by atoms with Crippen molar-refractivity contribution in [2.24, 2.45) is 0 Å². The molecule has 5 nitrogen and oxygen atoms in total. The topological polar surface area (TPSA) is 64.0 Å². The fraction of sp³-hybridized carbons (Fsp3) is 0.125. The molecule has 1 unspecified atom stereocenters. The van der Waals surface area contributed by atoms with Gasteiger partial charge in [-0.2, -0.15) is 5.10 Å². The first-order valence-corrected chi connectivity index (χ1v) is 9.51. The standard InChI is InChI=1S/C24H21N3O2/c1-17(18-11-13-20(14-12-18)19-7-3-2-4-8-19)26-24(29)16-27-22-10-6-5-9-21(22)23(28)15-25-27/h2-15,17H,16H2,1H3,(H,26,29). The molecule has 0 aliphatic rings. The number of carbonyl (C=O) groups is 1. The molecule has 1 N–H and O–H groups in total. The predicted octanol–water partition coefficient (Wildman–Crippen LogP) is 3.94. The van der Waals surface area contributed by atoms with Crippen molar-refractivity contribution in [3.05, 3.63) is 101 Å². The summed E-state index contributed by atoms with van der Waals surface area (Å²) in [6.45, 7) is 2.00. The Hall–Kier alpha value is -3.73. The Morgan fingerprint density at radius 1 is 0.931 bits per heavy atom. The average Bonchev–Trinajstić information content (AvgIpc) is 2.76. The SMILES string of the molecule is CC(NC(=O)Cn1ncc(=O)c2ccccc21)c1ccc(-c2ccccc2)cc1. The number of nitrogens with one attached hydrogen (secondary N) is 1. The van der Waals surface area contributed by atoms with Crippen LogP contribution in [-0.4, -0.2) is 15.7 Å². The van der Waals surface area contributed by atoms with E-state index in [2.05, 4.69) is 34.7 Å². The third kappa shape index (κ3) is 4.09. The lowest BCUT2D eigenvalue weighted by Gasteiger charge is -2.16. The molecule has 144 valence electrons. The van der Waals surface area contributed by atoms with Crippen LogP contribution in [0.2, 0.25) is 0 Å². The van der Waals surface area contributed by atoms with Gasteiger partial charge in [0.15, 0.2) is 0 Å². The highest BCUT2D eigenvalue weighted by molar-refractivity contribution is 5.81. The highest BCUT2D eigenvalue weighted by Crippen LogP contribution is 2.21. The highest BCUT2D eigenvalue weighted by atomic mass is 16.2. The van der Waals surface area contributed by atoms with Crippen molar-refractivity contribution in [2.45, 2.75) is 19.5 Å². The van der Waals surface area contributed by atoms with Crippen molar-refractivity contribution in [1.82, 2.24) is 15.1 Å². The van der Waals surface area contributed by atoms with Crippen molar-refractivity contribution < 1.29 is 4.79 Å². The van der Waals surface area contributed by atoms with E-state index in [1.54, 1.807) is 22.9 Å². The Morgan fingerprint density at radius 2 is 1.59 bits per heavy atom. The van der Waals surface area contributed by atoms with Crippen LogP contribution < -0.4 is 10.7 Å². The Balaban J connectivity index is 1.46. The fourth-order valence-electron chi connectivity index (χ4n) is 3.39. The van der Waals surface area contributed by atoms with Crippen molar-refractivity contribution in [3.8, 4) is 11.1 Å². The van der Waals surface area contributed by atoms with Crippen molar-refractivity contribution in [1.29, 1.82) is 0 Å². The van der Waals surface area contributed by atoms with Crippen LogP contribution in [0.1, 0.15) is 18.5 Å². The van der Waals surface area contributed by atoms with Crippen molar-refractivity contribution in [3.63, 3.8) is 0 Å². The molecule has 4 aromatic rings. The van der Waals surface area contributed by atoms with Gasteiger partial charge in [-0.25, -0.2) is 0 Å². The number of rotatable bonds is 5. The first-order valence-electron chi connectivity index (χ1n) is 9.51. The van der Waals surface area contributed by atoms with Crippen molar-refractivity contribution >= 4 is 16.8 Å². The number of fused-ring (bicyclic) bond motifs is 1.